The number of rotatable bonds is 5. The molecule has 6 nitrogen and oxygen atoms in total. The van der Waals surface area contributed by atoms with Crippen LogP contribution in [0, 0.1) is 6.92 Å². The lowest BCUT2D eigenvalue weighted by atomic mass is 10.1. The minimum absolute atomic E-state index is 0.0176. The van der Waals surface area contributed by atoms with E-state index in [4.69, 9.17) is 0 Å². The van der Waals surface area contributed by atoms with Crippen molar-refractivity contribution >= 4 is 40.4 Å². The molecule has 0 aliphatic rings. The Morgan fingerprint density at radius 1 is 1.04 bits per heavy atom. The van der Waals surface area contributed by atoms with Gasteiger partial charge in [-0.1, -0.05) is 0 Å². The van der Waals surface area contributed by atoms with Gasteiger partial charge in [0.1, 0.15) is 0 Å². The third kappa shape index (κ3) is 5.81. The second kappa shape index (κ2) is 8.21. The SMILES string of the molecule is CC(=O)Nc1ccc(C(F)(F)F)cc1NC(=O)CNC(=O)c1ccc(C)s1. The van der Waals surface area contributed by atoms with Crippen LogP contribution in [0.3, 0.4) is 0 Å². The van der Waals surface area contributed by atoms with Crippen LogP contribution in [0.4, 0.5) is 24.5 Å². The van der Waals surface area contributed by atoms with Crippen molar-refractivity contribution in [3.8, 4) is 0 Å². The number of hydrogen-bond acceptors (Lipinski definition) is 4. The Morgan fingerprint density at radius 3 is 2.30 bits per heavy atom. The summed E-state index contributed by atoms with van der Waals surface area (Å²) in [5, 5.41) is 7.01. The fourth-order valence-corrected chi connectivity index (χ4v) is 2.91. The number of carbonyl (C=O) groups excluding carboxylic acids is 3. The predicted octanol–water partition coefficient (Wildman–Crippen LogP) is 3.40. The number of carbonyl (C=O) groups is 3. The average Bonchev–Trinajstić information content (AvgIpc) is 2.99. The summed E-state index contributed by atoms with van der Waals surface area (Å²) in [6.07, 6.45) is -4.61. The van der Waals surface area contributed by atoms with Crippen molar-refractivity contribution in [1.82, 2.24) is 5.32 Å². The number of amides is 3. The lowest BCUT2D eigenvalue weighted by molar-refractivity contribution is -0.137. The third-order valence-electron chi connectivity index (χ3n) is 3.31. The van der Waals surface area contributed by atoms with Gasteiger partial charge in [-0.25, -0.2) is 0 Å². The summed E-state index contributed by atoms with van der Waals surface area (Å²) < 4.78 is 38.7. The van der Waals surface area contributed by atoms with E-state index in [0.717, 1.165) is 17.0 Å². The van der Waals surface area contributed by atoms with Gasteiger partial charge in [-0.2, -0.15) is 13.2 Å². The van der Waals surface area contributed by atoms with Gasteiger partial charge in [-0.3, -0.25) is 14.4 Å². The molecule has 144 valence electrons. The van der Waals surface area contributed by atoms with E-state index in [1.54, 1.807) is 12.1 Å². The van der Waals surface area contributed by atoms with Crippen LogP contribution < -0.4 is 16.0 Å². The lowest BCUT2D eigenvalue weighted by Gasteiger charge is -2.15. The molecule has 0 aliphatic heterocycles. The lowest BCUT2D eigenvalue weighted by Crippen LogP contribution is -2.32. The molecule has 0 bridgehead atoms. The summed E-state index contributed by atoms with van der Waals surface area (Å²) in [5.41, 5.74) is -1.18. The summed E-state index contributed by atoms with van der Waals surface area (Å²) in [6, 6.07) is 5.92. The van der Waals surface area contributed by atoms with Crippen molar-refractivity contribution in [2.75, 3.05) is 17.2 Å². The topological polar surface area (TPSA) is 87.3 Å². The second-order valence-electron chi connectivity index (χ2n) is 5.58. The minimum atomic E-state index is -4.61. The molecule has 0 radical (unpaired) electrons. The molecule has 27 heavy (non-hydrogen) atoms. The molecule has 1 aromatic heterocycles. The standard InChI is InChI=1S/C17H16F3N3O3S/c1-9-3-6-14(27-9)16(26)21-8-15(25)23-13-7-11(17(18,19)20)4-5-12(13)22-10(2)24/h3-7H,8H2,1-2H3,(H,21,26)(H,22,24)(H,23,25). The largest absolute Gasteiger partial charge is 0.416 e. The van der Waals surface area contributed by atoms with E-state index in [1.165, 1.54) is 18.3 Å². The molecule has 1 heterocycles. The Labute approximate surface area is 156 Å². The third-order valence-corrected chi connectivity index (χ3v) is 4.30. The molecule has 0 fully saturated rings. The monoisotopic (exact) mass is 399 g/mol. The van der Waals surface area contributed by atoms with Crippen molar-refractivity contribution < 1.29 is 27.6 Å². The van der Waals surface area contributed by atoms with Crippen LogP contribution in [0.15, 0.2) is 30.3 Å². The highest BCUT2D eigenvalue weighted by molar-refractivity contribution is 7.13. The van der Waals surface area contributed by atoms with Crippen LogP contribution in [-0.2, 0) is 15.8 Å². The van der Waals surface area contributed by atoms with E-state index < -0.39 is 36.0 Å². The highest BCUT2D eigenvalue weighted by Gasteiger charge is 2.31. The molecule has 2 rings (SSSR count). The summed E-state index contributed by atoms with van der Waals surface area (Å²) in [7, 11) is 0. The van der Waals surface area contributed by atoms with Crippen LogP contribution in [-0.4, -0.2) is 24.3 Å². The van der Waals surface area contributed by atoms with Gasteiger partial charge in [0.2, 0.25) is 11.8 Å². The molecular weight excluding hydrogens is 383 g/mol. The molecule has 3 N–H and O–H groups in total. The molecule has 0 saturated carbocycles. The number of alkyl halides is 3. The molecular formula is C17H16F3N3O3S. The van der Waals surface area contributed by atoms with Gasteiger partial charge < -0.3 is 16.0 Å². The van der Waals surface area contributed by atoms with Gasteiger partial charge in [-0.15, -0.1) is 11.3 Å². The van der Waals surface area contributed by atoms with Crippen LogP contribution in [0.25, 0.3) is 0 Å². The van der Waals surface area contributed by atoms with Crippen LogP contribution in [0.2, 0.25) is 0 Å². The minimum Gasteiger partial charge on any atom is -0.342 e. The Bertz CT molecular complexity index is 878. The average molecular weight is 399 g/mol. The summed E-state index contributed by atoms with van der Waals surface area (Å²) in [5.74, 6) is -1.71. The number of benzene rings is 1. The molecule has 0 aliphatic carbocycles. The maximum Gasteiger partial charge on any atom is 0.416 e. The fourth-order valence-electron chi connectivity index (χ4n) is 2.12. The quantitative estimate of drug-likeness (QED) is 0.720. The number of hydrogen-bond donors (Lipinski definition) is 3. The van der Waals surface area contributed by atoms with Crippen LogP contribution in [0.1, 0.15) is 27.0 Å². The molecule has 0 unspecified atom stereocenters. The smallest absolute Gasteiger partial charge is 0.342 e. The molecule has 0 atom stereocenters. The number of aryl methyl sites for hydroxylation is 1. The molecule has 0 spiro atoms. The number of nitrogens with one attached hydrogen (secondary N) is 3. The normalized spacial score (nSPS) is 11.0. The number of halogens is 3. The number of thiophene rings is 1. The highest BCUT2D eigenvalue weighted by Crippen LogP contribution is 2.34. The van der Waals surface area contributed by atoms with Gasteiger partial charge in [0, 0.05) is 11.8 Å². The Morgan fingerprint density at radius 2 is 1.74 bits per heavy atom. The van der Waals surface area contributed by atoms with Gasteiger partial charge in [0.15, 0.2) is 0 Å². The van der Waals surface area contributed by atoms with Gasteiger partial charge in [0.25, 0.3) is 5.91 Å². The molecule has 10 heteroatoms. The zero-order valence-corrected chi connectivity index (χ0v) is 15.2. The maximum absolute atomic E-state index is 12.9. The summed E-state index contributed by atoms with van der Waals surface area (Å²) in [6.45, 7) is 2.57. The van der Waals surface area contributed by atoms with E-state index in [-0.39, 0.29) is 11.4 Å². The summed E-state index contributed by atoms with van der Waals surface area (Å²) >= 11 is 1.25. The Kier molecular flexibility index (Phi) is 6.21. The van der Waals surface area contributed by atoms with Crippen molar-refractivity contribution in [3.05, 3.63) is 45.6 Å². The predicted molar refractivity (Wildman–Crippen MR) is 95.8 cm³/mol. The van der Waals surface area contributed by atoms with Crippen LogP contribution in [0.5, 0.6) is 0 Å². The first-order chi connectivity index (χ1) is 12.6. The van der Waals surface area contributed by atoms with E-state index in [1.807, 2.05) is 6.92 Å². The summed E-state index contributed by atoms with van der Waals surface area (Å²) in [4.78, 5) is 36.5. The Hall–Kier alpha value is -2.88. The van der Waals surface area contributed by atoms with Gasteiger partial charge in [-0.05, 0) is 37.3 Å². The Balaban J connectivity index is 2.10. The van der Waals surface area contributed by atoms with Crippen molar-refractivity contribution in [3.63, 3.8) is 0 Å². The molecule has 3 amide bonds. The van der Waals surface area contributed by atoms with E-state index in [2.05, 4.69) is 16.0 Å². The number of anilines is 2. The van der Waals surface area contributed by atoms with Crippen molar-refractivity contribution in [1.29, 1.82) is 0 Å². The second-order valence-corrected chi connectivity index (χ2v) is 6.87. The van der Waals surface area contributed by atoms with Gasteiger partial charge in [0.05, 0.1) is 28.4 Å². The first-order valence-corrected chi connectivity index (χ1v) is 8.51. The van der Waals surface area contributed by atoms with E-state index >= 15 is 0 Å². The first kappa shape index (κ1) is 20.4. The van der Waals surface area contributed by atoms with E-state index in [9.17, 15) is 27.6 Å². The zero-order chi connectivity index (χ0) is 20.2. The highest BCUT2D eigenvalue weighted by atomic mass is 32.1. The van der Waals surface area contributed by atoms with Crippen LogP contribution >= 0.6 is 11.3 Å². The van der Waals surface area contributed by atoms with E-state index in [0.29, 0.717) is 10.9 Å². The molecule has 2 aromatic rings. The van der Waals surface area contributed by atoms with Crippen molar-refractivity contribution in [2.24, 2.45) is 0 Å². The fraction of sp³-hybridized carbons (Fsp3) is 0.235. The van der Waals surface area contributed by atoms with Crippen molar-refractivity contribution in [2.45, 2.75) is 20.0 Å². The molecule has 1 aromatic carbocycles. The maximum atomic E-state index is 12.9. The zero-order valence-electron chi connectivity index (χ0n) is 14.4. The van der Waals surface area contributed by atoms with Gasteiger partial charge >= 0.3 is 6.18 Å². The molecule has 0 saturated heterocycles. The first-order valence-electron chi connectivity index (χ1n) is 7.69.